The van der Waals surface area contributed by atoms with Crippen molar-refractivity contribution < 1.29 is 32.2 Å². The molecule has 0 aliphatic heterocycles. The molecule has 0 spiro atoms. The van der Waals surface area contributed by atoms with Crippen LogP contribution in [0.4, 0.5) is 17.6 Å². The first-order valence-corrected chi connectivity index (χ1v) is 11.2. The highest BCUT2D eigenvalue weighted by atomic mass is 19.2. The van der Waals surface area contributed by atoms with E-state index in [4.69, 9.17) is 5.11 Å². The molecule has 0 atom stereocenters. The fraction of sp³-hybridized carbons (Fsp3) is 0.696. The predicted octanol–water partition coefficient (Wildman–Crippen LogP) is 7.73. The minimum atomic E-state index is -1.99. The number of hydrogen-bond acceptors (Lipinski definition) is 3. The Morgan fingerprint density at radius 2 is 1.03 bits per heavy atom. The molecular formula is C23H34F4O3. The van der Waals surface area contributed by atoms with Crippen LogP contribution < -0.4 is 4.74 Å². The zero-order valence-corrected chi connectivity index (χ0v) is 17.9. The average Bonchev–Trinajstić information content (AvgIpc) is 2.74. The van der Waals surface area contributed by atoms with Gasteiger partial charge in [-0.15, -0.1) is 0 Å². The molecule has 1 aromatic rings. The maximum Gasteiger partial charge on any atom is 0.311 e. The average molecular weight is 435 g/mol. The van der Waals surface area contributed by atoms with Gasteiger partial charge >= 0.3 is 5.97 Å². The number of rotatable bonds is 16. The summed E-state index contributed by atoms with van der Waals surface area (Å²) in [6, 6.07) is 0. The number of phenolic OH excluding ortho intramolecular Hbond substituents is 1. The lowest BCUT2D eigenvalue weighted by molar-refractivity contribution is -0.135. The molecule has 3 nitrogen and oxygen atoms in total. The van der Waals surface area contributed by atoms with Gasteiger partial charge in [-0.05, 0) is 6.42 Å². The Morgan fingerprint density at radius 3 is 1.43 bits per heavy atom. The first kappa shape index (κ1) is 26.2. The normalized spacial score (nSPS) is 11.1. The Kier molecular flexibility index (Phi) is 13.2. The van der Waals surface area contributed by atoms with Crippen LogP contribution >= 0.6 is 0 Å². The van der Waals surface area contributed by atoms with Gasteiger partial charge in [0.05, 0.1) is 0 Å². The SMILES string of the molecule is CCCCCCCCCCCCCCCCC(=O)Oc1c(F)c(F)c(O)c(F)c1F. The number of carbonyl (C=O) groups is 1. The Morgan fingerprint density at radius 1 is 0.667 bits per heavy atom. The fourth-order valence-electron chi connectivity index (χ4n) is 3.32. The number of ether oxygens (including phenoxy) is 1. The lowest BCUT2D eigenvalue weighted by atomic mass is 10.0. The van der Waals surface area contributed by atoms with Crippen LogP contribution in [-0.4, -0.2) is 11.1 Å². The van der Waals surface area contributed by atoms with Gasteiger partial charge < -0.3 is 9.84 Å². The minimum Gasteiger partial charge on any atom is -0.503 e. The second-order valence-corrected chi connectivity index (χ2v) is 7.75. The van der Waals surface area contributed by atoms with E-state index in [0.29, 0.717) is 6.42 Å². The first-order chi connectivity index (χ1) is 14.4. The second kappa shape index (κ2) is 15.1. The maximum atomic E-state index is 13.6. The Hall–Kier alpha value is -1.79. The van der Waals surface area contributed by atoms with Gasteiger partial charge in [-0.2, -0.15) is 17.6 Å². The third-order valence-electron chi connectivity index (χ3n) is 5.15. The molecule has 0 saturated carbocycles. The maximum absolute atomic E-state index is 13.6. The molecular weight excluding hydrogens is 400 g/mol. The van der Waals surface area contributed by atoms with Crippen molar-refractivity contribution in [2.45, 2.75) is 103 Å². The summed E-state index contributed by atoms with van der Waals surface area (Å²) in [6.45, 7) is 2.22. The van der Waals surface area contributed by atoms with Crippen LogP contribution in [0.15, 0.2) is 0 Å². The molecule has 1 rings (SSSR count). The van der Waals surface area contributed by atoms with E-state index in [1.807, 2.05) is 0 Å². The van der Waals surface area contributed by atoms with Gasteiger partial charge in [-0.3, -0.25) is 4.79 Å². The number of hydrogen-bond donors (Lipinski definition) is 1. The minimum absolute atomic E-state index is 0.110. The van der Waals surface area contributed by atoms with Crippen LogP contribution in [0.5, 0.6) is 11.5 Å². The molecule has 0 fully saturated rings. The van der Waals surface area contributed by atoms with E-state index < -0.39 is 40.7 Å². The van der Waals surface area contributed by atoms with Gasteiger partial charge in [0.25, 0.3) is 0 Å². The van der Waals surface area contributed by atoms with Crippen molar-refractivity contribution in [1.82, 2.24) is 0 Å². The third-order valence-corrected chi connectivity index (χ3v) is 5.15. The summed E-state index contributed by atoms with van der Waals surface area (Å²) in [5, 5.41) is 8.90. The molecule has 0 aromatic heterocycles. The van der Waals surface area contributed by atoms with E-state index >= 15 is 0 Å². The highest BCUT2D eigenvalue weighted by molar-refractivity contribution is 5.72. The van der Waals surface area contributed by atoms with Gasteiger partial charge in [0, 0.05) is 6.42 Å². The zero-order chi connectivity index (χ0) is 22.4. The van der Waals surface area contributed by atoms with Crippen LogP contribution in [-0.2, 0) is 4.79 Å². The zero-order valence-electron chi connectivity index (χ0n) is 17.9. The summed E-state index contributed by atoms with van der Waals surface area (Å²) in [7, 11) is 0. The molecule has 30 heavy (non-hydrogen) atoms. The van der Waals surface area contributed by atoms with Crippen LogP contribution in [0.25, 0.3) is 0 Å². The number of phenols is 1. The van der Waals surface area contributed by atoms with E-state index in [2.05, 4.69) is 11.7 Å². The van der Waals surface area contributed by atoms with E-state index in [0.717, 1.165) is 25.7 Å². The Labute approximate surface area is 176 Å². The summed E-state index contributed by atoms with van der Waals surface area (Å²) < 4.78 is 58.0. The summed E-state index contributed by atoms with van der Waals surface area (Å²) in [4.78, 5) is 11.7. The second-order valence-electron chi connectivity index (χ2n) is 7.75. The molecule has 0 saturated heterocycles. The van der Waals surface area contributed by atoms with Crippen LogP contribution in [0.1, 0.15) is 103 Å². The molecule has 1 aromatic carbocycles. The van der Waals surface area contributed by atoms with Crippen molar-refractivity contribution in [3.05, 3.63) is 23.3 Å². The van der Waals surface area contributed by atoms with E-state index in [1.54, 1.807) is 0 Å². The quantitative estimate of drug-likeness (QED) is 0.0952. The lowest BCUT2D eigenvalue weighted by Gasteiger charge is -2.09. The van der Waals surface area contributed by atoms with Crippen LogP contribution in [0.3, 0.4) is 0 Å². The Balaban J connectivity index is 2.09. The van der Waals surface area contributed by atoms with Gasteiger partial charge in [-0.1, -0.05) is 90.4 Å². The van der Waals surface area contributed by atoms with Gasteiger partial charge in [0.15, 0.2) is 5.75 Å². The fourth-order valence-corrected chi connectivity index (χ4v) is 3.32. The van der Waals surface area contributed by atoms with Crippen molar-refractivity contribution in [3.63, 3.8) is 0 Å². The monoisotopic (exact) mass is 434 g/mol. The highest BCUT2D eigenvalue weighted by Crippen LogP contribution is 2.33. The molecule has 0 unspecified atom stereocenters. The van der Waals surface area contributed by atoms with Crippen molar-refractivity contribution in [3.8, 4) is 11.5 Å². The topological polar surface area (TPSA) is 46.5 Å². The molecule has 1 N–H and O–H groups in total. The van der Waals surface area contributed by atoms with Crippen molar-refractivity contribution in [2.75, 3.05) is 0 Å². The number of esters is 1. The number of unbranched alkanes of at least 4 members (excludes halogenated alkanes) is 13. The van der Waals surface area contributed by atoms with Crippen LogP contribution in [0.2, 0.25) is 0 Å². The Bertz CT molecular complexity index is 621. The first-order valence-electron chi connectivity index (χ1n) is 11.2. The van der Waals surface area contributed by atoms with E-state index in [9.17, 15) is 22.4 Å². The summed E-state index contributed by atoms with van der Waals surface area (Å²) >= 11 is 0. The molecule has 0 aliphatic rings. The van der Waals surface area contributed by atoms with Gasteiger partial charge in [0.2, 0.25) is 29.0 Å². The van der Waals surface area contributed by atoms with E-state index in [-0.39, 0.29) is 6.42 Å². The smallest absolute Gasteiger partial charge is 0.311 e. The summed E-state index contributed by atoms with van der Waals surface area (Å²) in [6.07, 6.45) is 15.9. The molecule has 0 bridgehead atoms. The third kappa shape index (κ3) is 9.35. The lowest BCUT2D eigenvalue weighted by Crippen LogP contribution is -2.12. The summed E-state index contributed by atoms with van der Waals surface area (Å²) in [5.74, 6) is -12.1. The molecule has 0 radical (unpaired) electrons. The predicted molar refractivity (Wildman–Crippen MR) is 109 cm³/mol. The summed E-state index contributed by atoms with van der Waals surface area (Å²) in [5.41, 5.74) is 0. The molecule has 0 heterocycles. The number of carbonyl (C=O) groups excluding carboxylic acids is 1. The van der Waals surface area contributed by atoms with Crippen molar-refractivity contribution >= 4 is 5.97 Å². The molecule has 0 amide bonds. The van der Waals surface area contributed by atoms with E-state index in [1.165, 1.54) is 57.8 Å². The molecule has 172 valence electrons. The van der Waals surface area contributed by atoms with Crippen LogP contribution in [0, 0.1) is 23.3 Å². The number of halogens is 4. The van der Waals surface area contributed by atoms with Crippen molar-refractivity contribution in [2.24, 2.45) is 0 Å². The largest absolute Gasteiger partial charge is 0.503 e. The number of aromatic hydroxyl groups is 1. The number of benzene rings is 1. The van der Waals surface area contributed by atoms with Gasteiger partial charge in [0.1, 0.15) is 0 Å². The molecule has 7 heteroatoms. The standard InChI is InChI=1S/C23H34F4O3/c1-2-3-4-5-6-7-8-9-10-11-12-13-14-15-16-17(28)30-23-20(26)18(24)22(29)19(25)21(23)27/h29H,2-16H2,1H3. The van der Waals surface area contributed by atoms with Gasteiger partial charge in [-0.25, -0.2) is 0 Å². The molecule has 0 aliphatic carbocycles. The highest BCUT2D eigenvalue weighted by Gasteiger charge is 2.27. The van der Waals surface area contributed by atoms with Crippen molar-refractivity contribution in [1.29, 1.82) is 0 Å².